The van der Waals surface area contributed by atoms with E-state index in [4.69, 9.17) is 0 Å². The van der Waals surface area contributed by atoms with Crippen molar-refractivity contribution < 1.29 is 18.9 Å². The minimum absolute atomic E-state index is 0.0530. The maximum atomic E-state index is 13.3. The predicted molar refractivity (Wildman–Crippen MR) is 56.6 cm³/mol. The third kappa shape index (κ3) is 2.30. The molecule has 0 unspecified atom stereocenters. The summed E-state index contributed by atoms with van der Waals surface area (Å²) in [6.07, 6.45) is 0.145. The van der Waals surface area contributed by atoms with Gasteiger partial charge in [-0.1, -0.05) is 15.9 Å². The van der Waals surface area contributed by atoms with Gasteiger partial charge in [-0.25, -0.2) is 0 Å². The van der Waals surface area contributed by atoms with Gasteiger partial charge in [0.2, 0.25) is 5.82 Å². The van der Waals surface area contributed by atoms with E-state index in [-0.39, 0.29) is 17.2 Å². The first-order valence-corrected chi connectivity index (χ1v) is 5.15. The van der Waals surface area contributed by atoms with Crippen molar-refractivity contribution in [3.8, 4) is 0 Å². The van der Waals surface area contributed by atoms with Gasteiger partial charge in [0.05, 0.1) is 15.8 Å². The van der Waals surface area contributed by atoms with Gasteiger partial charge in [-0.05, 0) is 12.1 Å². The maximum absolute atomic E-state index is 13.3. The molecule has 16 heavy (non-hydrogen) atoms. The SMILES string of the molecule is O=Cc1cc(C(=O)CBr)cc(F)c1[N+](=O)[O-]. The lowest BCUT2D eigenvalue weighted by molar-refractivity contribution is -0.387. The van der Waals surface area contributed by atoms with E-state index in [9.17, 15) is 24.1 Å². The Labute approximate surface area is 97.5 Å². The summed E-state index contributed by atoms with van der Waals surface area (Å²) in [7, 11) is 0. The van der Waals surface area contributed by atoms with Gasteiger partial charge in [-0.2, -0.15) is 4.39 Å². The van der Waals surface area contributed by atoms with Crippen LogP contribution >= 0.6 is 15.9 Å². The lowest BCUT2D eigenvalue weighted by Gasteiger charge is -2.01. The van der Waals surface area contributed by atoms with Crippen LogP contribution in [0.25, 0.3) is 0 Å². The smallest absolute Gasteiger partial charge is 0.298 e. The minimum atomic E-state index is -1.20. The number of hydrogen-bond acceptors (Lipinski definition) is 4. The monoisotopic (exact) mass is 289 g/mol. The summed E-state index contributed by atoms with van der Waals surface area (Å²) in [5.41, 5.74) is -1.45. The van der Waals surface area contributed by atoms with E-state index in [1.165, 1.54) is 0 Å². The van der Waals surface area contributed by atoms with Crippen LogP contribution in [0, 0.1) is 15.9 Å². The number of rotatable bonds is 4. The number of Topliss-reactive ketones (excluding diaryl/α,β-unsaturated/α-hetero) is 1. The largest absolute Gasteiger partial charge is 0.315 e. The second kappa shape index (κ2) is 4.93. The number of halogens is 2. The molecule has 1 aromatic carbocycles. The Morgan fingerprint density at radius 1 is 1.56 bits per heavy atom. The van der Waals surface area contributed by atoms with Crippen LogP contribution in [0.15, 0.2) is 12.1 Å². The first-order valence-electron chi connectivity index (χ1n) is 4.03. The average Bonchev–Trinajstić information content (AvgIpc) is 2.26. The third-order valence-corrected chi connectivity index (χ3v) is 2.36. The van der Waals surface area contributed by atoms with Crippen LogP contribution in [0.2, 0.25) is 0 Å². The molecular weight excluding hydrogens is 285 g/mol. The van der Waals surface area contributed by atoms with Crippen molar-refractivity contribution in [1.82, 2.24) is 0 Å². The molecule has 1 aromatic rings. The quantitative estimate of drug-likeness (QED) is 0.280. The number of carbonyl (C=O) groups is 2. The number of alkyl halides is 1. The van der Waals surface area contributed by atoms with Crippen LogP contribution in [0.4, 0.5) is 10.1 Å². The van der Waals surface area contributed by atoms with E-state index in [0.29, 0.717) is 0 Å². The van der Waals surface area contributed by atoms with Gasteiger partial charge in [-0.3, -0.25) is 19.7 Å². The molecule has 0 spiro atoms. The van der Waals surface area contributed by atoms with Crippen molar-refractivity contribution in [3.63, 3.8) is 0 Å². The number of aldehydes is 1. The van der Waals surface area contributed by atoms with Crippen LogP contribution in [0.3, 0.4) is 0 Å². The summed E-state index contributed by atoms with van der Waals surface area (Å²) in [4.78, 5) is 31.2. The summed E-state index contributed by atoms with van der Waals surface area (Å²) >= 11 is 2.88. The highest BCUT2D eigenvalue weighted by Crippen LogP contribution is 2.23. The number of nitro groups is 1. The van der Waals surface area contributed by atoms with Crippen molar-refractivity contribution in [2.75, 3.05) is 5.33 Å². The van der Waals surface area contributed by atoms with Gasteiger partial charge in [0.1, 0.15) is 0 Å². The highest BCUT2D eigenvalue weighted by atomic mass is 79.9. The zero-order chi connectivity index (χ0) is 12.3. The molecule has 84 valence electrons. The number of nitrogens with zero attached hydrogens (tertiary/aromatic N) is 1. The number of benzene rings is 1. The van der Waals surface area contributed by atoms with Crippen LogP contribution in [-0.2, 0) is 0 Å². The lowest BCUT2D eigenvalue weighted by atomic mass is 10.1. The summed E-state index contributed by atoms with van der Waals surface area (Å²) in [5.74, 6) is -1.66. The Hall–Kier alpha value is -1.63. The second-order valence-corrected chi connectivity index (χ2v) is 3.39. The van der Waals surface area contributed by atoms with Gasteiger partial charge >= 0.3 is 5.69 Å². The third-order valence-electron chi connectivity index (χ3n) is 1.85. The number of carbonyl (C=O) groups excluding carboxylic acids is 2. The first kappa shape index (κ1) is 12.4. The Kier molecular flexibility index (Phi) is 3.83. The van der Waals surface area contributed by atoms with E-state index >= 15 is 0 Å². The molecule has 0 heterocycles. The number of nitro benzene ring substituents is 1. The van der Waals surface area contributed by atoms with Crippen molar-refractivity contribution in [2.24, 2.45) is 0 Å². The zero-order valence-electron chi connectivity index (χ0n) is 7.78. The van der Waals surface area contributed by atoms with Crippen molar-refractivity contribution >= 4 is 33.7 Å². The van der Waals surface area contributed by atoms with Gasteiger partial charge < -0.3 is 0 Å². The summed E-state index contributed by atoms with van der Waals surface area (Å²) in [6.45, 7) is 0. The average molecular weight is 290 g/mol. The summed E-state index contributed by atoms with van der Waals surface area (Å²) < 4.78 is 13.3. The van der Waals surface area contributed by atoms with E-state index in [2.05, 4.69) is 15.9 Å². The number of hydrogen-bond donors (Lipinski definition) is 0. The summed E-state index contributed by atoms with van der Waals surface area (Å²) in [6, 6.07) is 1.74. The molecule has 7 heteroatoms. The molecule has 0 radical (unpaired) electrons. The molecule has 0 aliphatic heterocycles. The van der Waals surface area contributed by atoms with Gasteiger partial charge in [0.15, 0.2) is 12.1 Å². The molecule has 0 saturated heterocycles. The molecule has 0 bridgehead atoms. The molecule has 0 saturated carbocycles. The van der Waals surface area contributed by atoms with Gasteiger partial charge in [0, 0.05) is 5.56 Å². The maximum Gasteiger partial charge on any atom is 0.315 e. The normalized spacial score (nSPS) is 9.88. The van der Waals surface area contributed by atoms with Gasteiger partial charge in [0.25, 0.3) is 0 Å². The Morgan fingerprint density at radius 3 is 2.62 bits per heavy atom. The van der Waals surface area contributed by atoms with Crippen LogP contribution in [0.5, 0.6) is 0 Å². The number of ketones is 1. The minimum Gasteiger partial charge on any atom is -0.298 e. The molecule has 0 atom stereocenters. The van der Waals surface area contributed by atoms with Crippen molar-refractivity contribution in [3.05, 3.63) is 39.2 Å². The molecule has 0 amide bonds. The second-order valence-electron chi connectivity index (χ2n) is 2.83. The van der Waals surface area contributed by atoms with E-state index in [0.717, 1.165) is 12.1 Å². The molecule has 1 rings (SSSR count). The Balaban J connectivity index is 3.43. The fraction of sp³-hybridized carbons (Fsp3) is 0.111. The van der Waals surface area contributed by atoms with Crippen LogP contribution in [0.1, 0.15) is 20.7 Å². The fourth-order valence-corrected chi connectivity index (χ4v) is 1.46. The molecular formula is C9H5BrFNO4. The standard InChI is InChI=1S/C9H5BrFNO4/c10-3-8(14)5-1-6(4-13)9(12(15)16)7(11)2-5/h1-2,4H,3H2. The van der Waals surface area contributed by atoms with Crippen molar-refractivity contribution in [1.29, 1.82) is 0 Å². The molecule has 0 N–H and O–H groups in total. The predicted octanol–water partition coefficient (Wildman–Crippen LogP) is 2.12. The Bertz CT molecular complexity index is 475. The van der Waals surface area contributed by atoms with E-state index in [1.807, 2.05) is 0 Å². The topological polar surface area (TPSA) is 77.3 Å². The molecule has 0 fully saturated rings. The first-order chi connectivity index (χ1) is 7.51. The highest BCUT2D eigenvalue weighted by molar-refractivity contribution is 9.09. The lowest BCUT2D eigenvalue weighted by Crippen LogP contribution is -2.05. The van der Waals surface area contributed by atoms with Crippen LogP contribution < -0.4 is 0 Å². The van der Waals surface area contributed by atoms with Crippen molar-refractivity contribution in [2.45, 2.75) is 0 Å². The molecule has 0 aliphatic carbocycles. The van der Waals surface area contributed by atoms with E-state index in [1.54, 1.807) is 0 Å². The van der Waals surface area contributed by atoms with Gasteiger partial charge in [-0.15, -0.1) is 0 Å². The highest BCUT2D eigenvalue weighted by Gasteiger charge is 2.22. The van der Waals surface area contributed by atoms with E-state index < -0.39 is 27.8 Å². The fourth-order valence-electron chi connectivity index (χ4n) is 1.14. The van der Waals surface area contributed by atoms with Crippen LogP contribution in [-0.4, -0.2) is 22.3 Å². The Morgan fingerprint density at radius 2 is 2.19 bits per heavy atom. The molecule has 0 aromatic heterocycles. The summed E-state index contributed by atoms with van der Waals surface area (Å²) in [5, 5.41) is 10.4. The molecule has 5 nitrogen and oxygen atoms in total. The molecule has 0 aliphatic rings. The zero-order valence-corrected chi connectivity index (χ0v) is 9.36.